The topological polar surface area (TPSA) is 221 Å². The number of H-pyrrole nitrogens is 1. The molecule has 50 heavy (non-hydrogen) atoms. The van der Waals surface area contributed by atoms with E-state index in [4.69, 9.17) is 5.73 Å². The molecule has 17 heteroatoms. The average molecular weight is 718 g/mol. The summed E-state index contributed by atoms with van der Waals surface area (Å²) in [7, 11) is -7.04. The molecule has 4 rings (SSSR count). The molecule has 1 aliphatic carbocycles. The van der Waals surface area contributed by atoms with Crippen LogP contribution in [0.1, 0.15) is 56.1 Å². The maximum absolute atomic E-state index is 14.3. The molecule has 1 aliphatic rings. The van der Waals surface area contributed by atoms with Crippen molar-refractivity contribution in [3.05, 3.63) is 71.9 Å². The fraction of sp³-hybridized carbons (Fsp3) is 0.485. The number of carbonyl (C=O) groups is 3. The van der Waals surface area contributed by atoms with E-state index in [1.807, 2.05) is 24.3 Å². The van der Waals surface area contributed by atoms with E-state index in [1.165, 1.54) is 0 Å². The molecule has 13 nitrogen and oxygen atoms in total. The number of aliphatic carboxylic acids is 1. The van der Waals surface area contributed by atoms with Crippen molar-refractivity contribution >= 4 is 84.2 Å². The predicted molar refractivity (Wildman–Crippen MR) is 196 cm³/mol. The Morgan fingerprint density at radius 1 is 0.960 bits per heavy atom. The minimum Gasteiger partial charge on any atom is -0.480 e. The Morgan fingerprint density at radius 3 is 2.22 bits per heavy atom. The van der Waals surface area contributed by atoms with Gasteiger partial charge >= 0.3 is 5.97 Å². The standard InChI is InChI=1S/C33H46N5O8PS.2Li/c1-48(45,46)38-26(15-7-10-18-34)29(39)37-28(19-22-11-3-2-4-12-22)47(44)32(43)33(16-8-9-17-33)31(42)36-27(30(40)41)20-23-21-35-25-14-6-5-13-24(23)25;;/h2-6,11-14,21,26-28,32,35,38,43,47H,7-10,15-20,34H2,1H3,(H,36,42)(H,37,39)(H,40,41);;/t26-,27-,28+,32?;;/m0../s1. The second-order valence-corrected chi connectivity index (χ2v) is 16.4. The number of fused-ring (bicyclic) bond motifs is 1. The molecule has 1 aromatic heterocycles. The number of unbranched alkanes of at least 4 members (excludes halogenated alkanes) is 1. The van der Waals surface area contributed by atoms with E-state index >= 15 is 0 Å². The zero-order valence-corrected chi connectivity index (χ0v) is 30.8. The molecule has 0 aliphatic heterocycles. The molecule has 8 N–H and O–H groups in total. The SMILES string of the molecule is CS(=O)(=O)N[C@@H](CCCCN)C(=O)N[C@@H](Cc1ccccc1)[PH](=O)C(O)C1(C(=O)N[C@@H](Cc2c[nH]c3ccccc23)C(=O)O)CCCC1.[Li].[Li]. The van der Waals surface area contributed by atoms with Crippen molar-refractivity contribution in [2.75, 3.05) is 12.8 Å². The van der Waals surface area contributed by atoms with Crippen molar-refractivity contribution in [1.29, 1.82) is 0 Å². The number of sulfonamides is 1. The van der Waals surface area contributed by atoms with Gasteiger partial charge in [-0.3, -0.25) is 9.59 Å². The largest absolute Gasteiger partial charge is 0.480 e. The molecule has 0 saturated heterocycles. The van der Waals surface area contributed by atoms with Crippen LogP contribution in [0.15, 0.2) is 60.8 Å². The third-order valence-corrected chi connectivity index (χ3v) is 11.8. The normalized spacial score (nSPS) is 16.9. The number of aliphatic hydroxyl groups excluding tert-OH is 1. The minimum absolute atomic E-state index is 0. The van der Waals surface area contributed by atoms with E-state index < -0.39 is 64.7 Å². The molecule has 0 spiro atoms. The zero-order valence-electron chi connectivity index (χ0n) is 29.0. The number of para-hydroxylation sites is 1. The van der Waals surface area contributed by atoms with Crippen LogP contribution in [0.25, 0.3) is 10.9 Å². The Morgan fingerprint density at radius 2 is 1.60 bits per heavy atom. The van der Waals surface area contributed by atoms with E-state index in [0.717, 1.165) is 17.2 Å². The second kappa shape index (κ2) is 20.0. The van der Waals surface area contributed by atoms with Crippen LogP contribution in [-0.2, 0) is 41.8 Å². The number of amides is 2. The molecule has 2 radical (unpaired) electrons. The molecule has 1 saturated carbocycles. The summed E-state index contributed by atoms with van der Waals surface area (Å²) in [4.78, 5) is 43.0. The Hall–Kier alpha value is -2.36. The van der Waals surface area contributed by atoms with Gasteiger partial charge in [-0.15, -0.1) is 0 Å². The van der Waals surface area contributed by atoms with E-state index in [9.17, 15) is 37.6 Å². The number of aromatic nitrogens is 1. The van der Waals surface area contributed by atoms with E-state index in [0.29, 0.717) is 43.4 Å². The van der Waals surface area contributed by atoms with Crippen LogP contribution in [0.3, 0.4) is 0 Å². The Bertz CT molecular complexity index is 1710. The zero-order chi connectivity index (χ0) is 34.9. The van der Waals surface area contributed by atoms with Crippen molar-refractivity contribution in [2.24, 2.45) is 11.1 Å². The van der Waals surface area contributed by atoms with Gasteiger partial charge in [-0.05, 0) is 55.8 Å². The summed E-state index contributed by atoms with van der Waals surface area (Å²) in [6.07, 6.45) is 5.31. The Labute approximate surface area is 317 Å². The Balaban J connectivity index is 0.00000433. The monoisotopic (exact) mass is 717 g/mol. The van der Waals surface area contributed by atoms with Gasteiger partial charge in [0.1, 0.15) is 25.7 Å². The first-order valence-corrected chi connectivity index (χ1v) is 19.6. The molecular weight excluding hydrogens is 671 g/mol. The van der Waals surface area contributed by atoms with E-state index in [1.54, 1.807) is 36.5 Å². The van der Waals surface area contributed by atoms with Crippen LogP contribution in [0.2, 0.25) is 0 Å². The molecule has 2 aromatic carbocycles. The number of carbonyl (C=O) groups excluding carboxylic acids is 2. The number of carboxylic acid groups (broad SMARTS) is 1. The van der Waals surface area contributed by atoms with Gasteiger partial charge in [-0.25, -0.2) is 17.9 Å². The molecule has 2 amide bonds. The van der Waals surface area contributed by atoms with Gasteiger partial charge in [-0.2, -0.15) is 0 Å². The molecule has 264 valence electrons. The number of aliphatic hydroxyl groups is 1. The summed E-state index contributed by atoms with van der Waals surface area (Å²) in [5.74, 6) is -5.50. The molecular formula is C33H46Li2N5O8PS. The summed E-state index contributed by atoms with van der Waals surface area (Å²) < 4.78 is 40.9. The molecule has 0 bridgehead atoms. The second-order valence-electron chi connectivity index (χ2n) is 12.6. The van der Waals surface area contributed by atoms with Crippen molar-refractivity contribution in [2.45, 2.75) is 81.5 Å². The molecule has 2 unspecified atom stereocenters. The molecule has 1 heterocycles. The summed E-state index contributed by atoms with van der Waals surface area (Å²) in [5.41, 5.74) is 6.27. The number of hydrogen-bond acceptors (Lipinski definition) is 8. The summed E-state index contributed by atoms with van der Waals surface area (Å²) >= 11 is 0. The Kier molecular flexibility index (Phi) is 17.6. The maximum Gasteiger partial charge on any atom is 0.326 e. The summed E-state index contributed by atoms with van der Waals surface area (Å²) in [6.45, 7) is 0.360. The first-order valence-electron chi connectivity index (χ1n) is 16.2. The van der Waals surface area contributed by atoms with Crippen LogP contribution >= 0.6 is 7.80 Å². The molecule has 5 atom stereocenters. The van der Waals surface area contributed by atoms with Crippen molar-refractivity contribution in [3.63, 3.8) is 0 Å². The van der Waals surface area contributed by atoms with Crippen LogP contribution in [-0.4, -0.2) is 116 Å². The average Bonchev–Trinajstić information content (AvgIpc) is 3.71. The van der Waals surface area contributed by atoms with E-state index in [-0.39, 0.29) is 69.8 Å². The third-order valence-electron chi connectivity index (χ3n) is 9.01. The minimum atomic E-state index is -3.78. The van der Waals surface area contributed by atoms with Gasteiger partial charge in [0.2, 0.25) is 21.8 Å². The first-order chi connectivity index (χ1) is 22.8. The van der Waals surface area contributed by atoms with Crippen LogP contribution < -0.4 is 21.1 Å². The number of rotatable bonds is 18. The number of hydrogen-bond donors (Lipinski definition) is 7. The van der Waals surface area contributed by atoms with Crippen molar-refractivity contribution in [3.8, 4) is 0 Å². The quantitative estimate of drug-likeness (QED) is 0.0577. The van der Waals surface area contributed by atoms with Crippen molar-refractivity contribution in [1.82, 2.24) is 20.3 Å². The summed E-state index contributed by atoms with van der Waals surface area (Å²) in [5, 5.41) is 28.1. The van der Waals surface area contributed by atoms with Crippen LogP contribution in [0, 0.1) is 5.41 Å². The van der Waals surface area contributed by atoms with Gasteiger partial charge in [-0.1, -0.05) is 67.8 Å². The predicted octanol–water partition coefficient (Wildman–Crippen LogP) is 1.69. The maximum atomic E-state index is 14.3. The number of aromatic amines is 1. The molecule has 3 aromatic rings. The van der Waals surface area contributed by atoms with Gasteiger partial charge in [0.15, 0.2) is 0 Å². The van der Waals surface area contributed by atoms with Gasteiger partial charge in [0, 0.05) is 61.2 Å². The fourth-order valence-electron chi connectivity index (χ4n) is 6.46. The summed E-state index contributed by atoms with van der Waals surface area (Å²) in [6, 6.07) is 13.8. The number of benzene rings is 2. The number of nitrogens with two attached hydrogens (primary N) is 1. The van der Waals surface area contributed by atoms with Gasteiger partial charge in [0.05, 0.1) is 17.5 Å². The van der Waals surface area contributed by atoms with Crippen LogP contribution in [0.4, 0.5) is 0 Å². The number of carboxylic acids is 1. The fourth-order valence-corrected chi connectivity index (χ4v) is 9.26. The van der Waals surface area contributed by atoms with Gasteiger partial charge in [0.25, 0.3) is 0 Å². The molecule has 1 fully saturated rings. The first kappa shape index (κ1) is 43.8. The van der Waals surface area contributed by atoms with Crippen molar-refractivity contribution < 1.29 is 37.6 Å². The third kappa shape index (κ3) is 11.6. The number of nitrogens with one attached hydrogen (secondary N) is 4. The smallest absolute Gasteiger partial charge is 0.326 e. The van der Waals surface area contributed by atoms with Crippen LogP contribution in [0.5, 0.6) is 0 Å². The van der Waals surface area contributed by atoms with Gasteiger partial charge < -0.3 is 36.1 Å². The van der Waals surface area contributed by atoms with E-state index in [2.05, 4.69) is 20.3 Å².